The number of aromatic hydroxyl groups is 1. The molecule has 1 fully saturated rings. The first kappa shape index (κ1) is 18.2. The molecule has 1 aliphatic heterocycles. The predicted octanol–water partition coefficient (Wildman–Crippen LogP) is 3.43. The second kappa shape index (κ2) is 7.35. The Morgan fingerprint density at radius 3 is 2.50 bits per heavy atom. The van der Waals surface area contributed by atoms with Gasteiger partial charge in [-0.15, -0.1) is 0 Å². The molecule has 26 heavy (non-hydrogen) atoms. The first-order chi connectivity index (χ1) is 12.4. The van der Waals surface area contributed by atoms with Crippen LogP contribution in [-0.2, 0) is 4.79 Å². The van der Waals surface area contributed by atoms with Crippen LogP contribution in [0.2, 0.25) is 0 Å². The normalized spacial score (nSPS) is 15.3. The lowest BCUT2D eigenvalue weighted by Gasteiger charge is -2.14. The van der Waals surface area contributed by atoms with Gasteiger partial charge in [0.1, 0.15) is 11.4 Å². The molecule has 2 aromatic carbocycles. The number of methoxy groups -OCH3 is 2. The van der Waals surface area contributed by atoms with Gasteiger partial charge in [-0.25, -0.2) is 0 Å². The maximum absolute atomic E-state index is 12.8. The number of rotatable bonds is 4. The van der Waals surface area contributed by atoms with Crippen LogP contribution < -0.4 is 19.7 Å². The molecule has 1 heterocycles. The van der Waals surface area contributed by atoms with Crippen LogP contribution in [0.25, 0.3) is 6.08 Å². The van der Waals surface area contributed by atoms with Gasteiger partial charge >= 0.3 is 0 Å². The molecule has 2 N–H and O–H groups in total. The minimum Gasteiger partial charge on any atom is -0.503 e. The lowest BCUT2D eigenvalue weighted by Crippen LogP contribution is -2.30. The molecule has 0 atom stereocenters. The third-order valence-electron chi connectivity index (χ3n) is 3.79. The SMILES string of the molecule is COc1ccc(N2C(=O)C(=Cc3cc(Br)c(O)c(OC)c3)NC2=S)cc1. The molecule has 2 aromatic rings. The molecule has 134 valence electrons. The molecule has 0 bridgehead atoms. The van der Waals surface area contributed by atoms with Crippen molar-refractivity contribution in [2.24, 2.45) is 0 Å². The molecule has 1 saturated heterocycles. The lowest BCUT2D eigenvalue weighted by molar-refractivity contribution is -0.113. The third-order valence-corrected chi connectivity index (χ3v) is 4.68. The summed E-state index contributed by atoms with van der Waals surface area (Å²) in [5.74, 6) is 0.710. The number of thiocarbonyl (C=S) groups is 1. The number of benzene rings is 2. The van der Waals surface area contributed by atoms with Crippen molar-refractivity contribution in [3.05, 3.63) is 52.1 Å². The fourth-order valence-electron chi connectivity index (χ4n) is 2.50. The van der Waals surface area contributed by atoms with Crippen molar-refractivity contribution >= 4 is 50.9 Å². The standard InChI is InChI=1S/C18H15BrN2O4S/c1-24-12-5-3-11(4-6-12)21-17(23)14(20-18(21)26)8-10-7-13(19)16(22)15(9-10)25-2/h3-9,22H,1-2H3,(H,20,26). The van der Waals surface area contributed by atoms with Gasteiger partial charge in [-0.2, -0.15) is 0 Å². The smallest absolute Gasteiger partial charge is 0.281 e. The van der Waals surface area contributed by atoms with Gasteiger partial charge in [0, 0.05) is 0 Å². The van der Waals surface area contributed by atoms with Crippen molar-refractivity contribution in [1.82, 2.24) is 5.32 Å². The second-order valence-corrected chi connectivity index (χ2v) is 6.62. The average molecular weight is 435 g/mol. The number of nitrogens with one attached hydrogen (secondary N) is 1. The van der Waals surface area contributed by atoms with E-state index in [9.17, 15) is 9.90 Å². The van der Waals surface area contributed by atoms with Gasteiger partial charge in [0.25, 0.3) is 5.91 Å². The van der Waals surface area contributed by atoms with Crippen molar-refractivity contribution < 1.29 is 19.4 Å². The van der Waals surface area contributed by atoms with E-state index in [0.29, 0.717) is 32.9 Å². The van der Waals surface area contributed by atoms with Gasteiger partial charge in [0.2, 0.25) is 0 Å². The van der Waals surface area contributed by atoms with Gasteiger partial charge in [0.05, 0.1) is 24.4 Å². The maximum Gasteiger partial charge on any atom is 0.281 e. The Balaban J connectivity index is 1.93. The number of phenolic OH excluding ortho intramolecular Hbond substituents is 1. The number of phenols is 1. The molecule has 8 heteroatoms. The lowest BCUT2D eigenvalue weighted by atomic mass is 10.1. The average Bonchev–Trinajstić information content (AvgIpc) is 2.91. The topological polar surface area (TPSA) is 71.0 Å². The van der Waals surface area contributed by atoms with E-state index in [0.717, 1.165) is 0 Å². The quantitative estimate of drug-likeness (QED) is 0.567. The fourth-order valence-corrected chi connectivity index (χ4v) is 3.26. The van der Waals surface area contributed by atoms with Gasteiger partial charge in [-0.1, -0.05) is 0 Å². The van der Waals surface area contributed by atoms with E-state index in [-0.39, 0.29) is 16.8 Å². The summed E-state index contributed by atoms with van der Waals surface area (Å²) >= 11 is 8.56. The Hall–Kier alpha value is -2.58. The highest BCUT2D eigenvalue weighted by molar-refractivity contribution is 9.10. The van der Waals surface area contributed by atoms with E-state index in [1.807, 2.05) is 0 Å². The Morgan fingerprint density at radius 1 is 1.19 bits per heavy atom. The van der Waals surface area contributed by atoms with Crippen LogP contribution in [0.5, 0.6) is 17.2 Å². The largest absolute Gasteiger partial charge is 0.503 e. The first-order valence-corrected chi connectivity index (χ1v) is 8.72. The zero-order valence-electron chi connectivity index (χ0n) is 13.9. The number of hydrogen-bond acceptors (Lipinski definition) is 5. The zero-order chi connectivity index (χ0) is 18.8. The van der Waals surface area contributed by atoms with Crippen molar-refractivity contribution in [2.45, 2.75) is 0 Å². The van der Waals surface area contributed by atoms with Crippen LogP contribution in [0.4, 0.5) is 5.69 Å². The Bertz CT molecular complexity index is 912. The van der Waals surface area contributed by atoms with Crippen LogP contribution in [0.15, 0.2) is 46.6 Å². The summed E-state index contributed by atoms with van der Waals surface area (Å²) in [6.07, 6.45) is 1.64. The maximum atomic E-state index is 12.8. The number of carbonyl (C=O) groups excluding carboxylic acids is 1. The van der Waals surface area contributed by atoms with Gasteiger partial charge in [-0.3, -0.25) is 9.69 Å². The second-order valence-electron chi connectivity index (χ2n) is 5.38. The van der Waals surface area contributed by atoms with Crippen LogP contribution in [-0.4, -0.2) is 30.3 Å². The molecule has 0 aliphatic carbocycles. The fraction of sp³-hybridized carbons (Fsp3) is 0.111. The highest BCUT2D eigenvalue weighted by Gasteiger charge is 2.32. The summed E-state index contributed by atoms with van der Waals surface area (Å²) in [7, 11) is 3.03. The van der Waals surface area contributed by atoms with Crippen LogP contribution in [0, 0.1) is 0 Å². The van der Waals surface area contributed by atoms with E-state index < -0.39 is 0 Å². The van der Waals surface area contributed by atoms with Crippen molar-refractivity contribution in [3.8, 4) is 17.2 Å². The molecule has 0 aromatic heterocycles. The Morgan fingerprint density at radius 2 is 1.88 bits per heavy atom. The van der Waals surface area contributed by atoms with Gasteiger partial charge in [0.15, 0.2) is 16.6 Å². The molecule has 0 radical (unpaired) electrons. The predicted molar refractivity (Wildman–Crippen MR) is 107 cm³/mol. The molecule has 0 spiro atoms. The number of anilines is 1. The number of carbonyl (C=O) groups is 1. The van der Waals surface area contributed by atoms with Gasteiger partial charge in [-0.05, 0) is 76.2 Å². The number of halogens is 1. The minimum absolute atomic E-state index is 0.00395. The highest BCUT2D eigenvalue weighted by atomic mass is 79.9. The summed E-state index contributed by atoms with van der Waals surface area (Å²) < 4.78 is 10.7. The minimum atomic E-state index is -0.275. The first-order valence-electron chi connectivity index (χ1n) is 7.52. The number of nitrogens with zero attached hydrogens (tertiary/aromatic N) is 1. The van der Waals surface area contributed by atoms with E-state index >= 15 is 0 Å². The number of amides is 1. The van der Waals surface area contributed by atoms with Crippen molar-refractivity contribution in [2.75, 3.05) is 19.1 Å². The van der Waals surface area contributed by atoms with Crippen LogP contribution in [0.3, 0.4) is 0 Å². The monoisotopic (exact) mass is 434 g/mol. The summed E-state index contributed by atoms with van der Waals surface area (Å²) in [5.41, 5.74) is 1.63. The number of hydrogen-bond donors (Lipinski definition) is 2. The van der Waals surface area contributed by atoms with Crippen molar-refractivity contribution in [3.63, 3.8) is 0 Å². The summed E-state index contributed by atoms with van der Waals surface area (Å²) in [4.78, 5) is 14.2. The van der Waals surface area contributed by atoms with Gasteiger partial charge < -0.3 is 19.9 Å². The van der Waals surface area contributed by atoms with E-state index in [2.05, 4.69) is 21.2 Å². The molecular formula is C18H15BrN2O4S. The number of ether oxygens (including phenoxy) is 2. The molecule has 3 rings (SSSR count). The summed E-state index contributed by atoms with van der Waals surface area (Å²) in [5, 5.41) is 13.1. The third kappa shape index (κ3) is 3.38. The molecule has 1 aliphatic rings. The molecule has 1 amide bonds. The summed E-state index contributed by atoms with van der Waals surface area (Å²) in [6.45, 7) is 0. The van der Waals surface area contributed by atoms with E-state index in [1.165, 1.54) is 12.0 Å². The molecule has 6 nitrogen and oxygen atoms in total. The van der Waals surface area contributed by atoms with Crippen molar-refractivity contribution in [1.29, 1.82) is 0 Å². The molecule has 0 unspecified atom stereocenters. The highest BCUT2D eigenvalue weighted by Crippen LogP contribution is 2.36. The molecule has 0 saturated carbocycles. The Kier molecular flexibility index (Phi) is 5.15. The molecular weight excluding hydrogens is 420 g/mol. The Labute approximate surface area is 164 Å². The van der Waals surface area contributed by atoms with E-state index in [1.54, 1.807) is 49.6 Å². The van der Waals surface area contributed by atoms with E-state index in [4.69, 9.17) is 21.7 Å². The van der Waals surface area contributed by atoms with Crippen LogP contribution >= 0.6 is 28.1 Å². The van der Waals surface area contributed by atoms with Crippen LogP contribution in [0.1, 0.15) is 5.56 Å². The zero-order valence-corrected chi connectivity index (χ0v) is 16.3. The summed E-state index contributed by atoms with van der Waals surface area (Å²) in [6, 6.07) is 10.3.